The van der Waals surface area contributed by atoms with Crippen molar-refractivity contribution < 1.29 is 4.79 Å². The Balaban J connectivity index is 1.67. The maximum absolute atomic E-state index is 12.4. The summed E-state index contributed by atoms with van der Waals surface area (Å²) in [7, 11) is 0. The standard InChI is InChI=1S/C21H28N4O/c1-21(2,3)17-11-7-8-12-18(17)25-20-22-13-15(14-23-20)19(26)24-16-9-5-4-6-10-16/h7-8,11-14,16H,4-6,9-10H2,1-3H3,(H,24,26)(H,22,23,25). The Morgan fingerprint density at radius 3 is 2.35 bits per heavy atom. The van der Waals surface area contributed by atoms with Gasteiger partial charge in [0, 0.05) is 24.1 Å². The number of hydrogen-bond acceptors (Lipinski definition) is 4. The van der Waals surface area contributed by atoms with Gasteiger partial charge in [0.1, 0.15) is 0 Å². The van der Waals surface area contributed by atoms with E-state index in [1.54, 1.807) is 12.4 Å². The van der Waals surface area contributed by atoms with Crippen LogP contribution in [0.1, 0.15) is 68.8 Å². The quantitative estimate of drug-likeness (QED) is 0.845. The molecule has 0 aliphatic heterocycles. The predicted molar refractivity (Wildman–Crippen MR) is 105 cm³/mol. The number of anilines is 2. The van der Waals surface area contributed by atoms with Crippen LogP contribution in [0.15, 0.2) is 36.7 Å². The first-order valence-electron chi connectivity index (χ1n) is 9.43. The van der Waals surface area contributed by atoms with Gasteiger partial charge < -0.3 is 10.6 Å². The fraction of sp³-hybridized carbons (Fsp3) is 0.476. The van der Waals surface area contributed by atoms with E-state index in [-0.39, 0.29) is 17.4 Å². The summed E-state index contributed by atoms with van der Waals surface area (Å²) in [6, 6.07) is 8.43. The van der Waals surface area contributed by atoms with E-state index in [1.165, 1.54) is 24.8 Å². The summed E-state index contributed by atoms with van der Waals surface area (Å²) < 4.78 is 0. The highest BCUT2D eigenvalue weighted by atomic mass is 16.1. The first-order valence-corrected chi connectivity index (χ1v) is 9.43. The van der Waals surface area contributed by atoms with Crippen LogP contribution in [0.5, 0.6) is 0 Å². The molecule has 1 amide bonds. The first-order chi connectivity index (χ1) is 12.4. The van der Waals surface area contributed by atoms with Crippen molar-refractivity contribution >= 4 is 17.5 Å². The van der Waals surface area contributed by atoms with Crippen LogP contribution in [0.3, 0.4) is 0 Å². The van der Waals surface area contributed by atoms with Crippen molar-refractivity contribution in [2.24, 2.45) is 0 Å². The smallest absolute Gasteiger partial charge is 0.254 e. The molecule has 26 heavy (non-hydrogen) atoms. The zero-order valence-electron chi connectivity index (χ0n) is 15.9. The number of aromatic nitrogens is 2. The molecule has 2 N–H and O–H groups in total. The van der Waals surface area contributed by atoms with Gasteiger partial charge in [-0.25, -0.2) is 9.97 Å². The lowest BCUT2D eigenvalue weighted by atomic mass is 9.86. The average Bonchev–Trinajstić information content (AvgIpc) is 2.63. The molecular weight excluding hydrogens is 324 g/mol. The molecule has 5 nitrogen and oxygen atoms in total. The van der Waals surface area contributed by atoms with Gasteiger partial charge in [-0.2, -0.15) is 0 Å². The fourth-order valence-corrected chi connectivity index (χ4v) is 3.39. The van der Waals surface area contributed by atoms with Gasteiger partial charge in [-0.3, -0.25) is 4.79 Å². The van der Waals surface area contributed by atoms with Crippen LogP contribution in [-0.2, 0) is 5.41 Å². The van der Waals surface area contributed by atoms with Crippen molar-refractivity contribution in [1.29, 1.82) is 0 Å². The fourth-order valence-electron chi connectivity index (χ4n) is 3.39. The summed E-state index contributed by atoms with van der Waals surface area (Å²) in [6.45, 7) is 6.52. The van der Waals surface area contributed by atoms with Crippen LogP contribution >= 0.6 is 0 Å². The molecule has 1 saturated carbocycles. The minimum atomic E-state index is -0.0847. The SMILES string of the molecule is CC(C)(C)c1ccccc1Nc1ncc(C(=O)NC2CCCCC2)cn1. The van der Waals surface area contributed by atoms with Crippen LogP contribution in [0.25, 0.3) is 0 Å². The molecule has 1 aliphatic rings. The predicted octanol–water partition coefficient (Wildman–Crippen LogP) is 4.58. The number of para-hydroxylation sites is 1. The number of benzene rings is 1. The molecular formula is C21H28N4O. The average molecular weight is 352 g/mol. The monoisotopic (exact) mass is 352 g/mol. The second kappa shape index (κ2) is 7.85. The number of hydrogen-bond donors (Lipinski definition) is 2. The number of nitrogens with zero attached hydrogens (tertiary/aromatic N) is 2. The highest BCUT2D eigenvalue weighted by Gasteiger charge is 2.19. The van der Waals surface area contributed by atoms with E-state index < -0.39 is 0 Å². The Labute approximate surface area is 155 Å². The van der Waals surface area contributed by atoms with Gasteiger partial charge in [0.2, 0.25) is 5.95 Å². The van der Waals surface area contributed by atoms with E-state index in [1.807, 2.05) is 18.2 Å². The van der Waals surface area contributed by atoms with Crippen LogP contribution in [-0.4, -0.2) is 21.9 Å². The van der Waals surface area contributed by atoms with E-state index in [4.69, 9.17) is 0 Å². The highest BCUT2D eigenvalue weighted by molar-refractivity contribution is 5.93. The van der Waals surface area contributed by atoms with Gasteiger partial charge in [-0.15, -0.1) is 0 Å². The van der Waals surface area contributed by atoms with Gasteiger partial charge in [-0.1, -0.05) is 58.2 Å². The van der Waals surface area contributed by atoms with Gasteiger partial charge in [0.15, 0.2) is 0 Å². The Morgan fingerprint density at radius 2 is 1.69 bits per heavy atom. The van der Waals surface area contributed by atoms with Crippen LogP contribution < -0.4 is 10.6 Å². The minimum Gasteiger partial charge on any atom is -0.349 e. The summed E-state index contributed by atoms with van der Waals surface area (Å²) in [6.07, 6.45) is 8.97. The zero-order valence-corrected chi connectivity index (χ0v) is 15.9. The second-order valence-corrected chi connectivity index (χ2v) is 8.02. The van der Waals surface area contributed by atoms with Gasteiger partial charge >= 0.3 is 0 Å². The molecule has 0 saturated heterocycles. The normalized spacial score (nSPS) is 15.5. The van der Waals surface area contributed by atoms with Crippen molar-refractivity contribution in [3.05, 3.63) is 47.8 Å². The Hall–Kier alpha value is -2.43. The lowest BCUT2D eigenvalue weighted by molar-refractivity contribution is 0.0927. The maximum Gasteiger partial charge on any atom is 0.254 e. The van der Waals surface area contributed by atoms with E-state index in [2.05, 4.69) is 47.4 Å². The summed E-state index contributed by atoms with van der Waals surface area (Å²) in [5.41, 5.74) is 2.70. The topological polar surface area (TPSA) is 66.9 Å². The molecule has 1 fully saturated rings. The van der Waals surface area contributed by atoms with Crippen molar-refractivity contribution in [2.75, 3.05) is 5.32 Å². The molecule has 0 atom stereocenters. The molecule has 0 spiro atoms. The molecule has 1 aromatic carbocycles. The van der Waals surface area contributed by atoms with Gasteiger partial charge in [0.05, 0.1) is 5.56 Å². The number of rotatable bonds is 4. The van der Waals surface area contributed by atoms with Crippen LogP contribution in [0, 0.1) is 0 Å². The summed E-state index contributed by atoms with van der Waals surface area (Å²) >= 11 is 0. The van der Waals surface area contributed by atoms with Crippen LogP contribution in [0.4, 0.5) is 11.6 Å². The molecule has 1 aliphatic carbocycles. The molecule has 0 unspecified atom stereocenters. The molecule has 5 heteroatoms. The molecule has 3 rings (SSSR count). The Bertz CT molecular complexity index is 743. The van der Waals surface area contributed by atoms with Crippen molar-refractivity contribution in [1.82, 2.24) is 15.3 Å². The summed E-state index contributed by atoms with van der Waals surface area (Å²) in [5, 5.41) is 6.37. The number of carbonyl (C=O) groups excluding carboxylic acids is 1. The number of nitrogens with one attached hydrogen (secondary N) is 2. The summed E-state index contributed by atoms with van der Waals surface area (Å²) in [5.74, 6) is 0.412. The van der Waals surface area contributed by atoms with E-state index in [0.717, 1.165) is 18.5 Å². The first kappa shape index (κ1) is 18.4. The third kappa shape index (κ3) is 4.59. The van der Waals surface area contributed by atoms with E-state index >= 15 is 0 Å². The molecule has 138 valence electrons. The third-order valence-electron chi connectivity index (χ3n) is 4.84. The molecule has 2 aromatic rings. The summed E-state index contributed by atoms with van der Waals surface area (Å²) in [4.78, 5) is 21.0. The lowest BCUT2D eigenvalue weighted by Gasteiger charge is -2.23. The molecule has 0 radical (unpaired) electrons. The van der Waals surface area contributed by atoms with Gasteiger partial charge in [0.25, 0.3) is 5.91 Å². The third-order valence-corrected chi connectivity index (χ3v) is 4.84. The van der Waals surface area contributed by atoms with Gasteiger partial charge in [-0.05, 0) is 29.9 Å². The molecule has 1 aromatic heterocycles. The lowest BCUT2D eigenvalue weighted by Crippen LogP contribution is -2.36. The molecule has 0 bridgehead atoms. The number of amides is 1. The second-order valence-electron chi connectivity index (χ2n) is 8.02. The Kier molecular flexibility index (Phi) is 5.55. The van der Waals surface area contributed by atoms with Crippen LogP contribution in [0.2, 0.25) is 0 Å². The zero-order chi connectivity index (χ0) is 18.6. The van der Waals surface area contributed by atoms with Crippen molar-refractivity contribution in [2.45, 2.75) is 64.3 Å². The largest absolute Gasteiger partial charge is 0.349 e. The van der Waals surface area contributed by atoms with Crippen molar-refractivity contribution in [3.8, 4) is 0 Å². The highest BCUT2D eigenvalue weighted by Crippen LogP contribution is 2.30. The van der Waals surface area contributed by atoms with E-state index in [0.29, 0.717) is 11.5 Å². The number of carbonyl (C=O) groups is 1. The van der Waals surface area contributed by atoms with Crippen molar-refractivity contribution in [3.63, 3.8) is 0 Å². The minimum absolute atomic E-state index is 0.0173. The Morgan fingerprint density at radius 1 is 1.04 bits per heavy atom. The van der Waals surface area contributed by atoms with E-state index in [9.17, 15) is 4.79 Å². The maximum atomic E-state index is 12.4. The molecule has 1 heterocycles.